The van der Waals surface area contributed by atoms with Gasteiger partial charge >= 0.3 is 5.97 Å². The molecule has 0 spiro atoms. The van der Waals surface area contributed by atoms with Crippen molar-refractivity contribution in [2.45, 2.75) is 46.2 Å². The minimum atomic E-state index is -0.107. The zero-order chi connectivity index (χ0) is 13.1. The third kappa shape index (κ3) is 4.28. The van der Waals surface area contributed by atoms with Gasteiger partial charge in [0.15, 0.2) is 0 Å². The Morgan fingerprint density at radius 3 is 2.47 bits per heavy atom. The van der Waals surface area contributed by atoms with E-state index < -0.39 is 0 Å². The molecule has 0 N–H and O–H groups in total. The highest BCUT2D eigenvalue weighted by Crippen LogP contribution is 2.20. The number of piperazine rings is 1. The quantitative estimate of drug-likeness (QED) is 0.700. The molecule has 0 radical (unpaired) electrons. The SMILES string of the molecule is CCOC(=O)CN1CCN(C(C)(C)C)[C@H](C)C1. The summed E-state index contributed by atoms with van der Waals surface area (Å²) in [5.74, 6) is -0.107. The predicted octanol–water partition coefficient (Wildman–Crippen LogP) is 1.35. The van der Waals surface area contributed by atoms with Crippen LogP contribution in [0.2, 0.25) is 0 Å². The maximum atomic E-state index is 11.4. The van der Waals surface area contributed by atoms with E-state index in [1.807, 2.05) is 6.92 Å². The molecule has 0 saturated carbocycles. The zero-order valence-corrected chi connectivity index (χ0v) is 11.8. The molecule has 1 aliphatic heterocycles. The van der Waals surface area contributed by atoms with Crippen LogP contribution < -0.4 is 0 Å². The minimum absolute atomic E-state index is 0.107. The molecule has 1 fully saturated rings. The second kappa shape index (κ2) is 5.83. The summed E-state index contributed by atoms with van der Waals surface area (Å²) in [7, 11) is 0. The Morgan fingerprint density at radius 1 is 1.35 bits per heavy atom. The van der Waals surface area contributed by atoms with Crippen molar-refractivity contribution in [2.24, 2.45) is 0 Å². The van der Waals surface area contributed by atoms with E-state index in [0.717, 1.165) is 19.6 Å². The molecule has 1 atom stereocenters. The highest BCUT2D eigenvalue weighted by Gasteiger charge is 2.31. The van der Waals surface area contributed by atoms with Gasteiger partial charge in [-0.3, -0.25) is 14.6 Å². The Bertz CT molecular complexity index is 261. The monoisotopic (exact) mass is 242 g/mol. The molecule has 1 aliphatic rings. The van der Waals surface area contributed by atoms with Gasteiger partial charge in [-0.1, -0.05) is 0 Å². The van der Waals surface area contributed by atoms with Crippen molar-refractivity contribution in [2.75, 3.05) is 32.8 Å². The van der Waals surface area contributed by atoms with Crippen molar-refractivity contribution in [3.8, 4) is 0 Å². The van der Waals surface area contributed by atoms with Gasteiger partial charge in [0.05, 0.1) is 13.2 Å². The van der Waals surface area contributed by atoms with Crippen molar-refractivity contribution in [3.63, 3.8) is 0 Å². The fourth-order valence-electron chi connectivity index (χ4n) is 2.56. The van der Waals surface area contributed by atoms with E-state index in [4.69, 9.17) is 4.74 Å². The van der Waals surface area contributed by atoms with Gasteiger partial charge in [-0.15, -0.1) is 0 Å². The van der Waals surface area contributed by atoms with Crippen LogP contribution in [0.4, 0.5) is 0 Å². The number of esters is 1. The first kappa shape index (κ1) is 14.5. The summed E-state index contributed by atoms with van der Waals surface area (Å²) in [6.45, 7) is 14.6. The number of nitrogens with zero attached hydrogens (tertiary/aromatic N) is 2. The van der Waals surface area contributed by atoms with E-state index in [-0.39, 0.29) is 11.5 Å². The molecule has 1 heterocycles. The van der Waals surface area contributed by atoms with Gasteiger partial charge in [0.2, 0.25) is 0 Å². The predicted molar refractivity (Wildman–Crippen MR) is 69.0 cm³/mol. The first-order chi connectivity index (χ1) is 7.84. The normalized spacial score (nSPS) is 23.7. The van der Waals surface area contributed by atoms with E-state index in [9.17, 15) is 4.79 Å². The Kier molecular flexibility index (Phi) is 4.95. The molecule has 0 amide bonds. The third-order valence-corrected chi connectivity index (χ3v) is 3.23. The van der Waals surface area contributed by atoms with E-state index in [1.165, 1.54) is 0 Å². The molecule has 0 aliphatic carbocycles. The minimum Gasteiger partial charge on any atom is -0.465 e. The van der Waals surface area contributed by atoms with E-state index in [2.05, 4.69) is 37.5 Å². The number of carbonyl (C=O) groups is 1. The molecule has 0 aromatic rings. The van der Waals surface area contributed by atoms with Gasteiger partial charge in [-0.2, -0.15) is 0 Å². The fourth-order valence-corrected chi connectivity index (χ4v) is 2.56. The van der Waals surface area contributed by atoms with Gasteiger partial charge < -0.3 is 4.74 Å². The van der Waals surface area contributed by atoms with Crippen LogP contribution in [0, 0.1) is 0 Å². The lowest BCUT2D eigenvalue weighted by Crippen LogP contribution is -2.58. The van der Waals surface area contributed by atoms with Crippen LogP contribution in [0.3, 0.4) is 0 Å². The summed E-state index contributed by atoms with van der Waals surface area (Å²) in [6, 6.07) is 0.484. The van der Waals surface area contributed by atoms with Crippen LogP contribution in [0.1, 0.15) is 34.6 Å². The van der Waals surface area contributed by atoms with Crippen molar-refractivity contribution in [1.29, 1.82) is 0 Å². The van der Waals surface area contributed by atoms with Crippen molar-refractivity contribution < 1.29 is 9.53 Å². The molecule has 1 rings (SSSR count). The standard InChI is InChI=1S/C13H26N2O2/c1-6-17-12(16)10-14-7-8-15(11(2)9-14)13(3,4)5/h11H,6-10H2,1-5H3/t11-/m1/s1. The number of ether oxygens (including phenoxy) is 1. The molecule has 100 valence electrons. The Balaban J connectivity index is 2.44. The Labute approximate surface area is 105 Å². The topological polar surface area (TPSA) is 32.8 Å². The molecule has 1 saturated heterocycles. The van der Waals surface area contributed by atoms with Crippen LogP contribution in [-0.2, 0) is 9.53 Å². The second-order valence-electron chi connectivity index (χ2n) is 5.75. The molecular weight excluding hydrogens is 216 g/mol. The summed E-state index contributed by atoms with van der Waals surface area (Å²) in [5, 5.41) is 0. The zero-order valence-electron chi connectivity index (χ0n) is 11.8. The van der Waals surface area contributed by atoms with Crippen LogP contribution >= 0.6 is 0 Å². The average molecular weight is 242 g/mol. The smallest absolute Gasteiger partial charge is 0.320 e. The first-order valence-corrected chi connectivity index (χ1v) is 6.49. The molecule has 0 aromatic heterocycles. The number of rotatable bonds is 3. The summed E-state index contributed by atoms with van der Waals surface area (Å²) >= 11 is 0. The van der Waals surface area contributed by atoms with Crippen LogP contribution in [0.5, 0.6) is 0 Å². The van der Waals surface area contributed by atoms with Gasteiger partial charge in [0.25, 0.3) is 0 Å². The second-order valence-corrected chi connectivity index (χ2v) is 5.75. The number of hydrogen-bond acceptors (Lipinski definition) is 4. The van der Waals surface area contributed by atoms with Crippen LogP contribution in [0.15, 0.2) is 0 Å². The molecule has 0 unspecified atom stereocenters. The maximum absolute atomic E-state index is 11.4. The molecule has 0 bridgehead atoms. The lowest BCUT2D eigenvalue weighted by molar-refractivity contribution is -0.145. The molecule has 4 nitrogen and oxygen atoms in total. The Hall–Kier alpha value is -0.610. The summed E-state index contributed by atoms with van der Waals surface area (Å²) in [4.78, 5) is 16.1. The lowest BCUT2D eigenvalue weighted by Gasteiger charge is -2.46. The van der Waals surface area contributed by atoms with Gasteiger partial charge in [-0.25, -0.2) is 0 Å². The van der Waals surface area contributed by atoms with E-state index >= 15 is 0 Å². The highest BCUT2D eigenvalue weighted by molar-refractivity contribution is 5.71. The summed E-state index contributed by atoms with van der Waals surface area (Å²) in [6.07, 6.45) is 0. The van der Waals surface area contributed by atoms with Crippen molar-refractivity contribution >= 4 is 5.97 Å². The maximum Gasteiger partial charge on any atom is 0.320 e. The average Bonchev–Trinajstić information content (AvgIpc) is 2.15. The third-order valence-electron chi connectivity index (χ3n) is 3.23. The number of hydrogen-bond donors (Lipinski definition) is 0. The molecule has 17 heavy (non-hydrogen) atoms. The summed E-state index contributed by atoms with van der Waals surface area (Å²) < 4.78 is 4.98. The van der Waals surface area contributed by atoms with Crippen LogP contribution in [0.25, 0.3) is 0 Å². The summed E-state index contributed by atoms with van der Waals surface area (Å²) in [5.41, 5.74) is 0.204. The van der Waals surface area contributed by atoms with E-state index in [1.54, 1.807) is 0 Å². The largest absolute Gasteiger partial charge is 0.465 e. The van der Waals surface area contributed by atoms with Gasteiger partial charge in [0.1, 0.15) is 0 Å². The van der Waals surface area contributed by atoms with Gasteiger partial charge in [-0.05, 0) is 34.6 Å². The molecular formula is C13H26N2O2. The first-order valence-electron chi connectivity index (χ1n) is 6.49. The highest BCUT2D eigenvalue weighted by atomic mass is 16.5. The molecule has 4 heteroatoms. The fraction of sp³-hybridized carbons (Fsp3) is 0.923. The Morgan fingerprint density at radius 2 is 2.00 bits per heavy atom. The van der Waals surface area contributed by atoms with E-state index in [0.29, 0.717) is 19.2 Å². The van der Waals surface area contributed by atoms with Crippen molar-refractivity contribution in [1.82, 2.24) is 9.80 Å². The lowest BCUT2D eigenvalue weighted by atomic mass is 10.0. The number of carbonyl (C=O) groups excluding carboxylic acids is 1. The van der Waals surface area contributed by atoms with Crippen LogP contribution in [-0.4, -0.2) is 60.1 Å². The van der Waals surface area contributed by atoms with Gasteiger partial charge in [0, 0.05) is 31.2 Å². The van der Waals surface area contributed by atoms with Crippen molar-refractivity contribution in [3.05, 3.63) is 0 Å². The molecule has 0 aromatic carbocycles.